The van der Waals surface area contributed by atoms with Crippen molar-refractivity contribution < 1.29 is 9.53 Å². The highest BCUT2D eigenvalue weighted by Crippen LogP contribution is 2.29. The number of ether oxygens (including phenoxy) is 1. The maximum absolute atomic E-state index is 13.2. The predicted molar refractivity (Wildman–Crippen MR) is 99.6 cm³/mol. The van der Waals surface area contributed by atoms with Crippen molar-refractivity contribution in [3.05, 3.63) is 30.0 Å². The SMILES string of the molecule is Cc1nnc(N(CCC(C)C)C(=O)C2COC(C)C2)c2ccccc12. The van der Waals surface area contributed by atoms with Crippen molar-refractivity contribution >= 4 is 22.5 Å². The third-order valence-electron chi connectivity index (χ3n) is 4.85. The molecule has 1 aliphatic rings. The molecule has 2 atom stereocenters. The molecule has 2 aromatic rings. The zero-order valence-corrected chi connectivity index (χ0v) is 15.5. The summed E-state index contributed by atoms with van der Waals surface area (Å²) in [5.74, 6) is 1.20. The van der Waals surface area contributed by atoms with Crippen LogP contribution in [0.2, 0.25) is 0 Å². The van der Waals surface area contributed by atoms with Crippen LogP contribution in [-0.4, -0.2) is 35.4 Å². The Bertz CT molecular complexity index is 760. The second-order valence-electron chi connectivity index (χ2n) is 7.40. The summed E-state index contributed by atoms with van der Waals surface area (Å²) in [5.41, 5.74) is 0.883. The molecule has 1 fully saturated rings. The van der Waals surface area contributed by atoms with Crippen molar-refractivity contribution in [2.24, 2.45) is 11.8 Å². The molecule has 0 bridgehead atoms. The molecule has 1 aliphatic heterocycles. The third kappa shape index (κ3) is 3.82. The number of hydrogen-bond donors (Lipinski definition) is 0. The number of fused-ring (bicyclic) bond motifs is 1. The van der Waals surface area contributed by atoms with E-state index in [0.717, 1.165) is 29.3 Å². The number of anilines is 1. The Morgan fingerprint density at radius 3 is 2.64 bits per heavy atom. The number of benzene rings is 1. The minimum absolute atomic E-state index is 0.0935. The summed E-state index contributed by atoms with van der Waals surface area (Å²) in [6.07, 6.45) is 1.84. The Labute approximate surface area is 149 Å². The fourth-order valence-corrected chi connectivity index (χ4v) is 3.34. The van der Waals surface area contributed by atoms with Crippen LogP contribution in [0.5, 0.6) is 0 Å². The van der Waals surface area contributed by atoms with Crippen molar-refractivity contribution in [1.29, 1.82) is 0 Å². The van der Waals surface area contributed by atoms with Gasteiger partial charge in [0.15, 0.2) is 5.82 Å². The van der Waals surface area contributed by atoms with E-state index in [1.54, 1.807) is 0 Å². The molecular formula is C20H27N3O2. The lowest BCUT2D eigenvalue weighted by molar-refractivity contribution is -0.122. The van der Waals surface area contributed by atoms with Gasteiger partial charge >= 0.3 is 0 Å². The molecule has 3 rings (SSSR count). The van der Waals surface area contributed by atoms with Crippen molar-refractivity contribution in [3.8, 4) is 0 Å². The maximum atomic E-state index is 13.2. The summed E-state index contributed by atoms with van der Waals surface area (Å²) in [6, 6.07) is 8.04. The number of carbonyl (C=O) groups is 1. The maximum Gasteiger partial charge on any atom is 0.233 e. The van der Waals surface area contributed by atoms with Crippen molar-refractivity contribution in [2.45, 2.75) is 46.6 Å². The van der Waals surface area contributed by atoms with Crippen molar-refractivity contribution in [1.82, 2.24) is 10.2 Å². The number of hydrogen-bond acceptors (Lipinski definition) is 4. The van der Waals surface area contributed by atoms with Crippen LogP contribution < -0.4 is 4.90 Å². The molecule has 2 heterocycles. The summed E-state index contributed by atoms with van der Waals surface area (Å²) in [5, 5.41) is 10.7. The van der Waals surface area contributed by atoms with Crippen LogP contribution >= 0.6 is 0 Å². The Hall–Kier alpha value is -2.01. The van der Waals surface area contributed by atoms with Gasteiger partial charge in [-0.15, -0.1) is 5.10 Å². The van der Waals surface area contributed by atoms with Crippen LogP contribution in [0.25, 0.3) is 10.8 Å². The standard InChI is InChI=1S/C20H27N3O2/c1-13(2)9-10-23(20(24)16-11-14(3)25-12-16)19-18-8-6-5-7-17(18)15(4)21-22-19/h5-8,13-14,16H,9-12H2,1-4H3. The van der Waals surface area contributed by atoms with Gasteiger partial charge in [0.1, 0.15) is 0 Å². The fraction of sp³-hybridized carbons (Fsp3) is 0.550. The van der Waals surface area contributed by atoms with E-state index in [1.165, 1.54) is 0 Å². The number of aromatic nitrogens is 2. The molecule has 5 nitrogen and oxygen atoms in total. The Kier molecular flexibility index (Phi) is 5.33. The predicted octanol–water partition coefficient (Wildman–Crippen LogP) is 3.74. The van der Waals surface area contributed by atoms with Gasteiger partial charge in [-0.3, -0.25) is 9.69 Å². The molecule has 1 saturated heterocycles. The second-order valence-corrected chi connectivity index (χ2v) is 7.40. The molecule has 25 heavy (non-hydrogen) atoms. The molecule has 5 heteroatoms. The van der Waals surface area contributed by atoms with Crippen LogP contribution in [0, 0.1) is 18.8 Å². The largest absolute Gasteiger partial charge is 0.378 e. The first-order valence-corrected chi connectivity index (χ1v) is 9.12. The molecule has 0 aliphatic carbocycles. The zero-order chi connectivity index (χ0) is 18.0. The fourth-order valence-electron chi connectivity index (χ4n) is 3.34. The van der Waals surface area contributed by atoms with Gasteiger partial charge in [0.05, 0.1) is 24.3 Å². The molecular weight excluding hydrogens is 314 g/mol. The molecule has 2 unspecified atom stereocenters. The van der Waals surface area contributed by atoms with E-state index in [9.17, 15) is 4.79 Å². The molecule has 0 N–H and O–H groups in total. The Balaban J connectivity index is 1.99. The third-order valence-corrected chi connectivity index (χ3v) is 4.85. The van der Waals surface area contributed by atoms with Gasteiger partial charge in [-0.1, -0.05) is 38.1 Å². The first kappa shape index (κ1) is 17.8. The summed E-state index contributed by atoms with van der Waals surface area (Å²) in [6.45, 7) is 9.46. The van der Waals surface area contributed by atoms with Gasteiger partial charge < -0.3 is 4.74 Å². The molecule has 0 radical (unpaired) electrons. The molecule has 0 spiro atoms. The van der Waals surface area contributed by atoms with Gasteiger partial charge in [0, 0.05) is 17.3 Å². The summed E-state index contributed by atoms with van der Waals surface area (Å²) in [7, 11) is 0. The molecule has 1 amide bonds. The van der Waals surface area contributed by atoms with Gasteiger partial charge in [-0.25, -0.2) is 0 Å². The smallest absolute Gasteiger partial charge is 0.233 e. The highest BCUT2D eigenvalue weighted by atomic mass is 16.5. The van der Waals surface area contributed by atoms with Crippen LogP contribution in [-0.2, 0) is 9.53 Å². The van der Waals surface area contributed by atoms with Crippen molar-refractivity contribution in [3.63, 3.8) is 0 Å². The van der Waals surface area contributed by atoms with Gasteiger partial charge in [0.2, 0.25) is 5.91 Å². The van der Waals surface area contributed by atoms with Crippen molar-refractivity contribution in [2.75, 3.05) is 18.1 Å². The minimum atomic E-state index is -0.0935. The summed E-state index contributed by atoms with van der Waals surface area (Å²) < 4.78 is 5.62. The number of amides is 1. The number of rotatable bonds is 5. The molecule has 1 aromatic carbocycles. The topological polar surface area (TPSA) is 55.3 Å². The van der Waals surface area contributed by atoms with Crippen LogP contribution in [0.3, 0.4) is 0 Å². The minimum Gasteiger partial charge on any atom is -0.378 e. The van der Waals surface area contributed by atoms with Gasteiger partial charge in [-0.2, -0.15) is 5.10 Å². The monoisotopic (exact) mass is 341 g/mol. The lowest BCUT2D eigenvalue weighted by atomic mass is 10.0. The van der Waals surface area contributed by atoms with Crippen LogP contribution in [0.15, 0.2) is 24.3 Å². The quantitative estimate of drug-likeness (QED) is 0.831. The van der Waals surface area contributed by atoms with E-state index >= 15 is 0 Å². The molecule has 0 saturated carbocycles. The van der Waals surface area contributed by atoms with E-state index < -0.39 is 0 Å². The lowest BCUT2D eigenvalue weighted by Crippen LogP contribution is -2.38. The van der Waals surface area contributed by atoms with E-state index in [1.807, 2.05) is 43.0 Å². The van der Waals surface area contributed by atoms with E-state index in [0.29, 0.717) is 24.9 Å². The van der Waals surface area contributed by atoms with E-state index in [2.05, 4.69) is 24.0 Å². The van der Waals surface area contributed by atoms with Gasteiger partial charge in [-0.05, 0) is 32.6 Å². The summed E-state index contributed by atoms with van der Waals surface area (Å²) in [4.78, 5) is 15.0. The van der Waals surface area contributed by atoms with Gasteiger partial charge in [0.25, 0.3) is 0 Å². The molecule has 134 valence electrons. The average molecular weight is 341 g/mol. The van der Waals surface area contributed by atoms with Crippen LogP contribution in [0.4, 0.5) is 5.82 Å². The highest BCUT2D eigenvalue weighted by molar-refractivity contribution is 6.03. The highest BCUT2D eigenvalue weighted by Gasteiger charge is 2.33. The summed E-state index contributed by atoms with van der Waals surface area (Å²) >= 11 is 0. The van der Waals surface area contributed by atoms with E-state index in [4.69, 9.17) is 4.74 Å². The number of aryl methyl sites for hydroxylation is 1. The normalized spacial score (nSPS) is 20.4. The molecule has 1 aromatic heterocycles. The average Bonchev–Trinajstić information content (AvgIpc) is 3.03. The van der Waals surface area contributed by atoms with E-state index in [-0.39, 0.29) is 17.9 Å². The zero-order valence-electron chi connectivity index (χ0n) is 15.5. The first-order valence-electron chi connectivity index (χ1n) is 9.12. The number of nitrogens with zero attached hydrogens (tertiary/aromatic N) is 3. The lowest BCUT2D eigenvalue weighted by Gasteiger charge is -2.26. The Morgan fingerprint density at radius 1 is 1.28 bits per heavy atom. The first-order chi connectivity index (χ1) is 12.0. The second kappa shape index (κ2) is 7.48. The number of carbonyl (C=O) groups excluding carboxylic acids is 1. The Morgan fingerprint density at radius 2 is 2.00 bits per heavy atom. The van der Waals surface area contributed by atoms with Crippen LogP contribution in [0.1, 0.15) is 39.3 Å².